The van der Waals surface area contributed by atoms with Crippen LogP contribution in [0.5, 0.6) is 0 Å². The first-order valence-electron chi connectivity index (χ1n) is 8.65. The molecular weight excluding hydrogens is 316 g/mol. The molecular formula is C18H24N6O. The second-order valence-corrected chi connectivity index (χ2v) is 6.13. The summed E-state index contributed by atoms with van der Waals surface area (Å²) >= 11 is 0. The molecule has 1 fully saturated rings. The van der Waals surface area contributed by atoms with E-state index in [4.69, 9.17) is 0 Å². The monoisotopic (exact) mass is 340 g/mol. The van der Waals surface area contributed by atoms with Crippen molar-refractivity contribution in [1.82, 2.24) is 25.2 Å². The van der Waals surface area contributed by atoms with Gasteiger partial charge in [0.2, 0.25) is 5.95 Å². The fraction of sp³-hybridized carbons (Fsp3) is 0.444. The Kier molecular flexibility index (Phi) is 5.55. The Morgan fingerprint density at radius 3 is 2.68 bits per heavy atom. The lowest BCUT2D eigenvalue weighted by atomic mass is 10.2. The molecule has 0 spiro atoms. The summed E-state index contributed by atoms with van der Waals surface area (Å²) in [6, 6.07) is 3.78. The number of aryl methyl sites for hydroxylation is 1. The van der Waals surface area contributed by atoms with Gasteiger partial charge in [-0.15, -0.1) is 0 Å². The lowest BCUT2D eigenvalue weighted by Gasteiger charge is -2.34. The van der Waals surface area contributed by atoms with Gasteiger partial charge in [-0.2, -0.15) is 0 Å². The fourth-order valence-electron chi connectivity index (χ4n) is 2.87. The molecule has 1 aliphatic rings. The van der Waals surface area contributed by atoms with Gasteiger partial charge in [0.25, 0.3) is 5.91 Å². The van der Waals surface area contributed by atoms with Gasteiger partial charge in [-0.25, -0.2) is 9.97 Å². The van der Waals surface area contributed by atoms with Gasteiger partial charge in [0.15, 0.2) is 0 Å². The average Bonchev–Trinajstić information content (AvgIpc) is 2.67. The first kappa shape index (κ1) is 17.3. The molecule has 7 heteroatoms. The summed E-state index contributed by atoms with van der Waals surface area (Å²) in [5, 5.41) is 2.89. The number of carbonyl (C=O) groups is 1. The molecule has 0 aliphatic carbocycles. The highest BCUT2D eigenvalue weighted by molar-refractivity contribution is 5.94. The zero-order valence-corrected chi connectivity index (χ0v) is 14.8. The maximum absolute atomic E-state index is 12.4. The zero-order valence-electron chi connectivity index (χ0n) is 14.8. The van der Waals surface area contributed by atoms with Crippen molar-refractivity contribution >= 4 is 11.9 Å². The normalized spacial score (nSPS) is 15.2. The highest BCUT2D eigenvalue weighted by Gasteiger charge is 2.19. The van der Waals surface area contributed by atoms with Crippen LogP contribution in [0.3, 0.4) is 0 Å². The maximum atomic E-state index is 12.4. The number of aromatic nitrogens is 3. The standard InChI is InChI=1S/C18H24N6O/c1-3-23-7-9-24(10-8-23)18-21-13-16(14(2)22-18)17(25)20-12-15-5-4-6-19-11-15/h4-6,11,13H,3,7-10,12H2,1-2H3,(H,20,25). The summed E-state index contributed by atoms with van der Waals surface area (Å²) < 4.78 is 0. The second-order valence-electron chi connectivity index (χ2n) is 6.13. The second kappa shape index (κ2) is 8.02. The van der Waals surface area contributed by atoms with E-state index in [1.165, 1.54) is 0 Å². The predicted molar refractivity (Wildman–Crippen MR) is 96.5 cm³/mol. The first-order valence-corrected chi connectivity index (χ1v) is 8.65. The number of likely N-dealkylation sites (N-methyl/N-ethyl adjacent to an activating group) is 1. The van der Waals surface area contributed by atoms with E-state index in [-0.39, 0.29) is 5.91 Å². The number of pyridine rings is 1. The van der Waals surface area contributed by atoms with Crippen LogP contribution in [-0.4, -0.2) is 58.5 Å². The van der Waals surface area contributed by atoms with E-state index in [1.807, 2.05) is 19.1 Å². The van der Waals surface area contributed by atoms with E-state index in [9.17, 15) is 4.79 Å². The minimum Gasteiger partial charge on any atom is -0.348 e. The molecule has 3 rings (SSSR count). The first-order chi connectivity index (χ1) is 12.2. The molecule has 1 saturated heterocycles. The minimum absolute atomic E-state index is 0.163. The van der Waals surface area contributed by atoms with Gasteiger partial charge in [0.1, 0.15) is 0 Å². The van der Waals surface area contributed by atoms with Crippen LogP contribution in [0.1, 0.15) is 28.5 Å². The molecule has 1 aliphatic heterocycles. The van der Waals surface area contributed by atoms with Crippen LogP contribution < -0.4 is 10.2 Å². The molecule has 25 heavy (non-hydrogen) atoms. The van der Waals surface area contributed by atoms with Gasteiger partial charge >= 0.3 is 0 Å². The quantitative estimate of drug-likeness (QED) is 0.883. The number of anilines is 1. The zero-order chi connectivity index (χ0) is 17.6. The van der Waals surface area contributed by atoms with Gasteiger partial charge in [0.05, 0.1) is 11.3 Å². The number of rotatable bonds is 5. The van der Waals surface area contributed by atoms with E-state index >= 15 is 0 Å². The van der Waals surface area contributed by atoms with E-state index < -0.39 is 0 Å². The molecule has 3 heterocycles. The molecule has 0 bridgehead atoms. The summed E-state index contributed by atoms with van der Waals surface area (Å²) in [7, 11) is 0. The Bertz CT molecular complexity index is 713. The Morgan fingerprint density at radius 1 is 1.24 bits per heavy atom. The molecule has 0 unspecified atom stereocenters. The van der Waals surface area contributed by atoms with Crippen molar-refractivity contribution in [2.45, 2.75) is 20.4 Å². The molecule has 1 N–H and O–H groups in total. The average molecular weight is 340 g/mol. The molecule has 2 aromatic heterocycles. The van der Waals surface area contributed by atoms with Crippen molar-refractivity contribution in [3.8, 4) is 0 Å². The van der Waals surface area contributed by atoms with Crippen molar-refractivity contribution in [1.29, 1.82) is 0 Å². The number of piperazine rings is 1. The number of carbonyl (C=O) groups excluding carboxylic acids is 1. The molecule has 0 saturated carbocycles. The van der Waals surface area contributed by atoms with Crippen LogP contribution in [0.4, 0.5) is 5.95 Å². The number of hydrogen-bond donors (Lipinski definition) is 1. The number of amides is 1. The molecule has 0 radical (unpaired) electrons. The Balaban J connectivity index is 1.62. The largest absolute Gasteiger partial charge is 0.348 e. The Morgan fingerprint density at radius 2 is 2.04 bits per heavy atom. The third-order valence-corrected chi connectivity index (χ3v) is 4.49. The van der Waals surface area contributed by atoms with E-state index in [2.05, 4.69) is 37.0 Å². The van der Waals surface area contributed by atoms with Crippen LogP contribution in [0, 0.1) is 6.92 Å². The van der Waals surface area contributed by atoms with E-state index in [0.717, 1.165) is 38.3 Å². The highest BCUT2D eigenvalue weighted by atomic mass is 16.1. The molecule has 7 nitrogen and oxygen atoms in total. The smallest absolute Gasteiger partial charge is 0.254 e. The lowest BCUT2D eigenvalue weighted by Crippen LogP contribution is -2.46. The predicted octanol–water partition coefficient (Wildman–Crippen LogP) is 1.25. The van der Waals surface area contributed by atoms with Crippen LogP contribution in [-0.2, 0) is 6.54 Å². The lowest BCUT2D eigenvalue weighted by molar-refractivity contribution is 0.0949. The Hall–Kier alpha value is -2.54. The SMILES string of the molecule is CCN1CCN(c2ncc(C(=O)NCc3cccnc3)c(C)n2)CC1. The van der Waals surface area contributed by atoms with Crippen molar-refractivity contribution in [2.75, 3.05) is 37.6 Å². The van der Waals surface area contributed by atoms with Crippen molar-refractivity contribution in [3.05, 3.63) is 47.5 Å². The highest BCUT2D eigenvalue weighted by Crippen LogP contribution is 2.14. The van der Waals surface area contributed by atoms with Gasteiger partial charge < -0.3 is 15.1 Å². The molecule has 2 aromatic rings. The summed E-state index contributed by atoms with van der Waals surface area (Å²) in [5.41, 5.74) is 2.17. The third kappa shape index (κ3) is 4.30. The number of hydrogen-bond acceptors (Lipinski definition) is 6. The van der Waals surface area contributed by atoms with Crippen LogP contribution in [0.25, 0.3) is 0 Å². The summed E-state index contributed by atoms with van der Waals surface area (Å²) in [6.45, 7) is 9.41. The van der Waals surface area contributed by atoms with Gasteiger partial charge in [-0.05, 0) is 25.1 Å². The fourth-order valence-corrected chi connectivity index (χ4v) is 2.87. The summed E-state index contributed by atoms with van der Waals surface area (Å²) in [6.07, 6.45) is 5.08. The van der Waals surface area contributed by atoms with Gasteiger partial charge in [-0.1, -0.05) is 13.0 Å². The van der Waals surface area contributed by atoms with Crippen molar-refractivity contribution < 1.29 is 4.79 Å². The number of nitrogens with one attached hydrogen (secondary N) is 1. The molecule has 1 amide bonds. The van der Waals surface area contributed by atoms with Crippen LogP contribution in [0.15, 0.2) is 30.7 Å². The molecule has 0 aromatic carbocycles. The van der Waals surface area contributed by atoms with Crippen molar-refractivity contribution in [2.24, 2.45) is 0 Å². The topological polar surface area (TPSA) is 74.2 Å². The van der Waals surface area contributed by atoms with E-state index in [0.29, 0.717) is 23.8 Å². The number of nitrogens with zero attached hydrogens (tertiary/aromatic N) is 5. The third-order valence-electron chi connectivity index (χ3n) is 4.49. The van der Waals surface area contributed by atoms with Gasteiger partial charge in [0, 0.05) is 51.3 Å². The molecule has 132 valence electrons. The minimum atomic E-state index is -0.163. The van der Waals surface area contributed by atoms with Gasteiger partial charge in [-0.3, -0.25) is 9.78 Å². The van der Waals surface area contributed by atoms with Crippen molar-refractivity contribution in [3.63, 3.8) is 0 Å². The summed E-state index contributed by atoms with van der Waals surface area (Å²) in [5.74, 6) is 0.542. The van der Waals surface area contributed by atoms with Crippen LogP contribution in [0.2, 0.25) is 0 Å². The maximum Gasteiger partial charge on any atom is 0.254 e. The Labute approximate surface area is 148 Å². The summed E-state index contributed by atoms with van der Waals surface area (Å²) in [4.78, 5) is 30.0. The van der Waals surface area contributed by atoms with E-state index in [1.54, 1.807) is 18.6 Å². The molecule has 0 atom stereocenters. The van der Waals surface area contributed by atoms with Crippen LogP contribution >= 0.6 is 0 Å².